The number of rotatable bonds is 31. The van der Waals surface area contributed by atoms with E-state index in [1.165, 1.54) is 12.5 Å². The number of amides is 8. The summed E-state index contributed by atoms with van der Waals surface area (Å²) in [5.41, 5.74) is 31.1. The molecule has 0 saturated carbocycles. The number of H-pyrrole nitrogens is 2. The first-order valence-electron chi connectivity index (χ1n) is 24.0. The average molecular weight is 1020 g/mol. The van der Waals surface area contributed by atoms with Gasteiger partial charge in [-0.15, -0.1) is 0 Å². The Kier molecular flexibility index (Phi) is 23.3. The van der Waals surface area contributed by atoms with E-state index in [9.17, 15) is 43.5 Å². The fourth-order valence-electron chi connectivity index (χ4n) is 7.69. The maximum Gasteiger partial charge on any atom is 0.245 e. The van der Waals surface area contributed by atoms with Crippen molar-refractivity contribution in [2.75, 3.05) is 26.2 Å². The predicted molar refractivity (Wildman–Crippen MR) is 271 cm³/mol. The first kappa shape index (κ1) is 57.7. The molecule has 0 unspecified atom stereocenters. The van der Waals surface area contributed by atoms with Gasteiger partial charge in [0.15, 0.2) is 5.96 Å². The molecular formula is C48H70N16O9. The van der Waals surface area contributed by atoms with Gasteiger partial charge < -0.3 is 81.0 Å². The summed E-state index contributed by atoms with van der Waals surface area (Å²) < 4.78 is 0. The topological polar surface area (TPSA) is 428 Å². The van der Waals surface area contributed by atoms with Crippen LogP contribution in [0.15, 0.2) is 78.3 Å². The molecule has 2 aromatic carbocycles. The molecule has 0 bridgehead atoms. The molecule has 25 nitrogen and oxygen atoms in total. The van der Waals surface area contributed by atoms with Crippen molar-refractivity contribution in [3.05, 3.63) is 90.1 Å². The van der Waals surface area contributed by atoms with Crippen molar-refractivity contribution in [2.24, 2.45) is 39.6 Å². The number of carbonyl (C=O) groups is 8. The number of aromatic nitrogens is 3. The van der Waals surface area contributed by atoms with E-state index >= 15 is 0 Å². The number of aromatic amines is 2. The van der Waals surface area contributed by atoms with Gasteiger partial charge in [0.2, 0.25) is 47.3 Å². The third kappa shape index (κ3) is 19.0. The van der Waals surface area contributed by atoms with Gasteiger partial charge in [0, 0.05) is 54.8 Å². The Labute approximate surface area is 422 Å². The van der Waals surface area contributed by atoms with Crippen molar-refractivity contribution in [3.8, 4) is 0 Å². The molecule has 7 atom stereocenters. The number of fused-ring (bicyclic) bond motifs is 1. The standard InChI is InChI=1S/C48H70N16O9/c1-27(2)40(41(51)67)64-47(73)38(25-65)63-44(70)34(15-8-9-17-49)59-39(66)24-57-43(69)37(20-29-22-56-33-14-7-6-13-31(29)33)62-45(71)35(16-10-18-55-48(52)53)60-46(72)36(19-28-11-4-3-5-12-28)61-42(68)32(50)21-30-23-54-26-58-30/h3-7,11-14,22-23,26-27,32,34-38,40,56,65H,8-10,15-21,24-25,49-50H2,1-2H3,(H2,51,67)(H,54,58)(H,57,69)(H,59,66)(H,60,72)(H,61,68)(H,62,71)(H,63,70)(H,64,73)(H4,52,53,55)/t32-,34-,35-,36-,37-,38+,40-/m0/s1. The minimum absolute atomic E-state index is 0.0216. The van der Waals surface area contributed by atoms with Gasteiger partial charge in [-0.3, -0.25) is 43.3 Å². The molecule has 0 saturated heterocycles. The molecule has 73 heavy (non-hydrogen) atoms. The van der Waals surface area contributed by atoms with Crippen LogP contribution in [0.3, 0.4) is 0 Å². The molecule has 4 rings (SSSR count). The average Bonchev–Trinajstić information content (AvgIpc) is 4.04. The molecule has 0 aliphatic carbocycles. The van der Waals surface area contributed by atoms with Gasteiger partial charge in [-0.25, -0.2) is 4.98 Å². The van der Waals surface area contributed by atoms with E-state index in [0.717, 1.165) is 10.9 Å². The Morgan fingerprint density at radius 3 is 1.92 bits per heavy atom. The Morgan fingerprint density at radius 1 is 0.671 bits per heavy atom. The monoisotopic (exact) mass is 1010 g/mol. The number of hydrogen-bond donors (Lipinski definition) is 15. The minimum Gasteiger partial charge on any atom is -0.394 e. The highest BCUT2D eigenvalue weighted by Crippen LogP contribution is 2.20. The van der Waals surface area contributed by atoms with E-state index in [2.05, 4.69) is 57.2 Å². The number of aliphatic imine (C=N–C) groups is 1. The van der Waals surface area contributed by atoms with Crippen LogP contribution in [0.5, 0.6) is 0 Å². The summed E-state index contributed by atoms with van der Waals surface area (Å²) in [4.78, 5) is 122. The molecule has 20 N–H and O–H groups in total. The fourth-order valence-corrected chi connectivity index (χ4v) is 7.69. The SMILES string of the molecule is CC(C)[C@H](NC(=O)[C@@H](CO)NC(=O)[C@H](CCCCN)NC(=O)CNC(=O)[C@H](Cc1c[nH]c2ccccc12)NC(=O)[C@H](CCCN=C(N)N)NC(=O)[C@H](Cc1ccccc1)NC(=O)[C@@H](N)Cc1cnc[nH]1)C(N)=O. The highest BCUT2D eigenvalue weighted by molar-refractivity contribution is 5.97. The maximum atomic E-state index is 14.5. The summed E-state index contributed by atoms with van der Waals surface area (Å²) in [5, 5.41) is 28.9. The number of nitrogens with two attached hydrogens (primary N) is 5. The molecule has 0 aliphatic heterocycles. The number of imidazole rings is 1. The number of aliphatic hydroxyl groups is 1. The number of nitrogens with one attached hydrogen (secondary N) is 9. The van der Waals surface area contributed by atoms with Crippen LogP contribution in [0, 0.1) is 5.92 Å². The van der Waals surface area contributed by atoms with Gasteiger partial charge in [0.1, 0.15) is 36.3 Å². The summed E-state index contributed by atoms with van der Waals surface area (Å²) >= 11 is 0. The van der Waals surface area contributed by atoms with E-state index in [1.807, 2.05) is 18.2 Å². The molecule has 2 aromatic heterocycles. The zero-order valence-electron chi connectivity index (χ0n) is 41.0. The summed E-state index contributed by atoms with van der Waals surface area (Å²) in [6, 6.07) is 7.31. The van der Waals surface area contributed by atoms with Crippen LogP contribution < -0.4 is 65.9 Å². The lowest BCUT2D eigenvalue weighted by Crippen LogP contribution is -2.59. The van der Waals surface area contributed by atoms with Crippen LogP contribution in [-0.2, 0) is 57.6 Å². The van der Waals surface area contributed by atoms with Crippen LogP contribution in [0.2, 0.25) is 0 Å². The van der Waals surface area contributed by atoms with Crippen LogP contribution in [0.1, 0.15) is 62.8 Å². The highest BCUT2D eigenvalue weighted by Gasteiger charge is 2.33. The molecule has 0 aliphatic rings. The van der Waals surface area contributed by atoms with Crippen LogP contribution in [0.4, 0.5) is 0 Å². The molecule has 0 spiro atoms. The lowest BCUT2D eigenvalue weighted by Gasteiger charge is -2.26. The molecule has 0 radical (unpaired) electrons. The third-order valence-electron chi connectivity index (χ3n) is 11.7. The Balaban J connectivity index is 1.56. The van der Waals surface area contributed by atoms with Crippen LogP contribution in [-0.4, -0.2) is 142 Å². The quantitative estimate of drug-likeness (QED) is 0.0133. The van der Waals surface area contributed by atoms with Crippen molar-refractivity contribution in [3.63, 3.8) is 0 Å². The van der Waals surface area contributed by atoms with Crippen LogP contribution in [0.25, 0.3) is 10.9 Å². The van der Waals surface area contributed by atoms with E-state index in [-0.39, 0.29) is 57.6 Å². The molecule has 2 heterocycles. The zero-order chi connectivity index (χ0) is 53.5. The second-order valence-electron chi connectivity index (χ2n) is 17.8. The smallest absolute Gasteiger partial charge is 0.245 e. The number of nitrogens with zero attached hydrogens (tertiary/aromatic N) is 2. The van der Waals surface area contributed by atoms with Gasteiger partial charge in [-0.1, -0.05) is 62.4 Å². The molecule has 4 aromatic rings. The van der Waals surface area contributed by atoms with Crippen molar-refractivity contribution >= 4 is 64.1 Å². The second kappa shape index (κ2) is 29.4. The second-order valence-corrected chi connectivity index (χ2v) is 17.8. The number of unbranched alkanes of at least 4 members (excludes halogenated alkanes) is 1. The largest absolute Gasteiger partial charge is 0.394 e. The molecular weight excluding hydrogens is 945 g/mol. The van der Waals surface area contributed by atoms with Crippen molar-refractivity contribution in [2.45, 2.75) is 108 Å². The number of para-hydroxylation sites is 1. The number of carbonyl (C=O) groups excluding carboxylic acids is 8. The molecule has 396 valence electrons. The van der Waals surface area contributed by atoms with E-state index in [0.29, 0.717) is 29.7 Å². The Bertz CT molecular complexity index is 2480. The maximum absolute atomic E-state index is 14.5. The normalized spacial score (nSPS) is 14.0. The fraction of sp³-hybridized carbons (Fsp3) is 0.458. The zero-order valence-corrected chi connectivity index (χ0v) is 41.0. The van der Waals surface area contributed by atoms with Gasteiger partial charge in [-0.05, 0) is 61.8 Å². The minimum atomic E-state index is -1.51. The van der Waals surface area contributed by atoms with Gasteiger partial charge in [0.25, 0.3) is 0 Å². The number of guanidine groups is 1. The summed E-state index contributed by atoms with van der Waals surface area (Å²) in [5.74, 6) is -6.93. The number of aliphatic hydroxyl groups excluding tert-OH is 1. The Hall–Kier alpha value is -7.90. The van der Waals surface area contributed by atoms with Crippen LogP contribution >= 0.6 is 0 Å². The summed E-state index contributed by atoms with van der Waals surface area (Å²) in [6.45, 7) is 2.12. The molecule has 8 amide bonds. The molecule has 25 heteroatoms. The number of benzene rings is 2. The number of primary amides is 1. The first-order chi connectivity index (χ1) is 34.9. The summed E-state index contributed by atoms with van der Waals surface area (Å²) in [7, 11) is 0. The van der Waals surface area contributed by atoms with E-state index in [1.54, 1.807) is 56.4 Å². The lowest BCUT2D eigenvalue weighted by molar-refractivity contribution is -0.135. The predicted octanol–water partition coefficient (Wildman–Crippen LogP) is -3.41. The van der Waals surface area contributed by atoms with Gasteiger partial charge in [-0.2, -0.15) is 0 Å². The van der Waals surface area contributed by atoms with E-state index in [4.69, 9.17) is 28.7 Å². The van der Waals surface area contributed by atoms with E-state index < -0.39 is 109 Å². The van der Waals surface area contributed by atoms with Gasteiger partial charge in [0.05, 0.1) is 25.5 Å². The van der Waals surface area contributed by atoms with Gasteiger partial charge >= 0.3 is 0 Å². The number of hydrogen-bond acceptors (Lipinski definition) is 13. The van der Waals surface area contributed by atoms with Crippen molar-refractivity contribution in [1.29, 1.82) is 0 Å². The summed E-state index contributed by atoms with van der Waals surface area (Å²) in [6.07, 6.45) is 5.73. The van der Waals surface area contributed by atoms with Crippen molar-refractivity contribution < 1.29 is 43.5 Å². The van der Waals surface area contributed by atoms with Crippen molar-refractivity contribution in [1.82, 2.24) is 52.2 Å². The first-order valence-corrected chi connectivity index (χ1v) is 24.0. The third-order valence-corrected chi connectivity index (χ3v) is 11.7. The Morgan fingerprint density at radius 2 is 1.27 bits per heavy atom. The molecule has 0 fully saturated rings. The highest BCUT2D eigenvalue weighted by atomic mass is 16.3. The lowest BCUT2D eigenvalue weighted by atomic mass is 10.0.